The Bertz CT molecular complexity index is 600. The molecule has 0 radical (unpaired) electrons. The lowest BCUT2D eigenvalue weighted by Crippen LogP contribution is -1.99. The molecular formula is C13H11ClF2N2. The van der Waals surface area contributed by atoms with E-state index in [1.54, 1.807) is 13.0 Å². The molecule has 0 aromatic heterocycles. The largest absolute Gasteiger partial charge is 0.397 e. The Morgan fingerprint density at radius 2 is 1.83 bits per heavy atom. The van der Waals surface area contributed by atoms with Crippen LogP contribution in [0.3, 0.4) is 0 Å². The number of benzene rings is 2. The minimum atomic E-state index is -0.417. The highest BCUT2D eigenvalue weighted by molar-refractivity contribution is 6.33. The summed E-state index contributed by atoms with van der Waals surface area (Å²) in [7, 11) is 0. The molecule has 2 nitrogen and oxygen atoms in total. The Hall–Kier alpha value is -1.81. The van der Waals surface area contributed by atoms with E-state index >= 15 is 0 Å². The van der Waals surface area contributed by atoms with Crippen molar-refractivity contribution < 1.29 is 8.78 Å². The topological polar surface area (TPSA) is 38.0 Å². The third-order valence-electron chi connectivity index (χ3n) is 2.53. The summed E-state index contributed by atoms with van der Waals surface area (Å²) in [5.41, 5.74) is 7.24. The summed E-state index contributed by atoms with van der Waals surface area (Å²) in [5, 5.41) is 3.24. The van der Waals surface area contributed by atoms with Crippen LogP contribution < -0.4 is 11.1 Å². The van der Waals surface area contributed by atoms with Gasteiger partial charge in [0.15, 0.2) is 0 Å². The molecule has 0 fully saturated rings. The summed E-state index contributed by atoms with van der Waals surface area (Å²) in [6.45, 7) is 1.62. The number of rotatable bonds is 2. The van der Waals surface area contributed by atoms with Gasteiger partial charge in [0.2, 0.25) is 0 Å². The van der Waals surface area contributed by atoms with E-state index in [0.29, 0.717) is 22.0 Å². The standard InChI is InChI=1S/C13H11ClF2N2/c1-7-4-13(11(17)6-10(7)16)18-12-5-8(15)2-3-9(12)14/h2-6,18H,17H2,1H3. The van der Waals surface area contributed by atoms with E-state index in [1.807, 2.05) is 0 Å². The Morgan fingerprint density at radius 3 is 2.56 bits per heavy atom. The molecule has 0 heterocycles. The lowest BCUT2D eigenvalue weighted by Gasteiger charge is -2.12. The first-order chi connectivity index (χ1) is 8.47. The van der Waals surface area contributed by atoms with Crippen LogP contribution in [0.5, 0.6) is 0 Å². The molecule has 0 bridgehead atoms. The lowest BCUT2D eigenvalue weighted by molar-refractivity contribution is 0.619. The maximum Gasteiger partial charge on any atom is 0.128 e. The molecule has 0 aliphatic rings. The van der Waals surface area contributed by atoms with Crippen LogP contribution in [0, 0.1) is 18.6 Å². The van der Waals surface area contributed by atoms with Gasteiger partial charge in [-0.2, -0.15) is 0 Å². The smallest absolute Gasteiger partial charge is 0.128 e. The van der Waals surface area contributed by atoms with Gasteiger partial charge in [0, 0.05) is 0 Å². The SMILES string of the molecule is Cc1cc(Nc2cc(F)ccc2Cl)c(N)cc1F. The van der Waals surface area contributed by atoms with Gasteiger partial charge in [0.05, 0.1) is 22.1 Å². The first-order valence-corrected chi connectivity index (χ1v) is 5.63. The molecule has 0 aliphatic carbocycles. The van der Waals surface area contributed by atoms with Crippen LogP contribution in [-0.2, 0) is 0 Å². The molecule has 2 aromatic rings. The first-order valence-electron chi connectivity index (χ1n) is 5.25. The van der Waals surface area contributed by atoms with E-state index in [1.165, 1.54) is 24.3 Å². The number of aryl methyl sites for hydroxylation is 1. The Balaban J connectivity index is 2.40. The van der Waals surface area contributed by atoms with E-state index in [0.717, 1.165) is 0 Å². The van der Waals surface area contributed by atoms with Crippen LogP contribution in [0.1, 0.15) is 5.56 Å². The summed E-state index contributed by atoms with van der Waals surface area (Å²) >= 11 is 5.93. The molecule has 0 spiro atoms. The predicted octanol–water partition coefficient (Wildman–Crippen LogP) is 4.25. The number of anilines is 3. The van der Waals surface area contributed by atoms with E-state index in [-0.39, 0.29) is 11.5 Å². The predicted molar refractivity (Wildman–Crippen MR) is 70.2 cm³/mol. The second-order valence-electron chi connectivity index (χ2n) is 3.94. The monoisotopic (exact) mass is 268 g/mol. The summed E-state index contributed by atoms with van der Waals surface area (Å²) in [4.78, 5) is 0. The number of nitrogens with one attached hydrogen (secondary N) is 1. The highest BCUT2D eigenvalue weighted by Crippen LogP contribution is 2.30. The molecule has 2 aromatic carbocycles. The molecule has 0 aliphatic heterocycles. The maximum atomic E-state index is 13.2. The molecule has 0 unspecified atom stereocenters. The Kier molecular flexibility index (Phi) is 3.39. The third kappa shape index (κ3) is 2.54. The first kappa shape index (κ1) is 12.6. The molecule has 0 atom stereocenters. The van der Waals surface area contributed by atoms with Gasteiger partial charge in [-0.05, 0) is 42.8 Å². The molecule has 94 valence electrons. The van der Waals surface area contributed by atoms with Crippen molar-refractivity contribution in [1.82, 2.24) is 0 Å². The number of nitrogens with two attached hydrogens (primary N) is 1. The normalized spacial score (nSPS) is 10.4. The zero-order valence-corrected chi connectivity index (χ0v) is 10.4. The molecule has 5 heteroatoms. The van der Waals surface area contributed by atoms with Crippen molar-refractivity contribution in [3.05, 3.63) is 52.6 Å². The van der Waals surface area contributed by atoms with Crippen molar-refractivity contribution in [3.63, 3.8) is 0 Å². The van der Waals surface area contributed by atoms with Gasteiger partial charge in [-0.25, -0.2) is 8.78 Å². The fourth-order valence-corrected chi connectivity index (χ4v) is 1.71. The molecule has 3 N–H and O–H groups in total. The van der Waals surface area contributed by atoms with Crippen LogP contribution >= 0.6 is 11.6 Å². The number of nitrogen functional groups attached to an aromatic ring is 1. The zero-order valence-electron chi connectivity index (χ0n) is 9.60. The lowest BCUT2D eigenvalue weighted by atomic mass is 10.1. The average molecular weight is 269 g/mol. The van der Waals surface area contributed by atoms with Gasteiger partial charge < -0.3 is 11.1 Å². The maximum absolute atomic E-state index is 13.2. The zero-order chi connectivity index (χ0) is 13.3. The van der Waals surface area contributed by atoms with Gasteiger partial charge in [-0.3, -0.25) is 0 Å². The second-order valence-corrected chi connectivity index (χ2v) is 4.35. The van der Waals surface area contributed by atoms with Gasteiger partial charge >= 0.3 is 0 Å². The number of hydrogen-bond acceptors (Lipinski definition) is 2. The summed E-state index contributed by atoms with van der Waals surface area (Å²) < 4.78 is 26.4. The van der Waals surface area contributed by atoms with E-state index in [2.05, 4.69) is 5.32 Å². The van der Waals surface area contributed by atoms with Crippen LogP contribution in [0.25, 0.3) is 0 Å². The van der Waals surface area contributed by atoms with Crippen molar-refractivity contribution in [2.24, 2.45) is 0 Å². The van der Waals surface area contributed by atoms with Gasteiger partial charge in [0.1, 0.15) is 11.6 Å². The van der Waals surface area contributed by atoms with Crippen LogP contribution in [0.4, 0.5) is 25.8 Å². The number of halogens is 3. The summed E-state index contributed by atoms with van der Waals surface area (Å²) in [6.07, 6.45) is 0. The summed E-state index contributed by atoms with van der Waals surface area (Å²) in [5.74, 6) is -0.803. The van der Waals surface area contributed by atoms with Crippen LogP contribution in [0.15, 0.2) is 30.3 Å². The second kappa shape index (κ2) is 4.82. The molecule has 0 amide bonds. The van der Waals surface area contributed by atoms with E-state index in [9.17, 15) is 8.78 Å². The third-order valence-corrected chi connectivity index (χ3v) is 2.86. The quantitative estimate of drug-likeness (QED) is 0.799. The van der Waals surface area contributed by atoms with Gasteiger partial charge in [0.25, 0.3) is 0 Å². The summed E-state index contributed by atoms with van der Waals surface area (Å²) in [6, 6.07) is 6.70. The van der Waals surface area contributed by atoms with Crippen molar-refractivity contribution >= 4 is 28.7 Å². The van der Waals surface area contributed by atoms with Gasteiger partial charge in [-0.15, -0.1) is 0 Å². The Morgan fingerprint density at radius 1 is 1.11 bits per heavy atom. The van der Waals surface area contributed by atoms with Crippen molar-refractivity contribution in [1.29, 1.82) is 0 Å². The van der Waals surface area contributed by atoms with Gasteiger partial charge in [-0.1, -0.05) is 11.6 Å². The molecular weight excluding hydrogens is 258 g/mol. The van der Waals surface area contributed by atoms with E-state index < -0.39 is 5.82 Å². The van der Waals surface area contributed by atoms with Crippen LogP contribution in [-0.4, -0.2) is 0 Å². The minimum absolute atomic E-state index is 0.235. The molecule has 2 rings (SSSR count). The fourth-order valence-electron chi connectivity index (χ4n) is 1.54. The fraction of sp³-hybridized carbons (Fsp3) is 0.0769. The van der Waals surface area contributed by atoms with Crippen LogP contribution in [0.2, 0.25) is 5.02 Å². The Labute approximate surface area is 108 Å². The van der Waals surface area contributed by atoms with Crippen molar-refractivity contribution in [2.75, 3.05) is 11.1 Å². The minimum Gasteiger partial charge on any atom is -0.397 e. The molecule has 0 saturated heterocycles. The molecule has 0 saturated carbocycles. The molecule has 18 heavy (non-hydrogen) atoms. The highest BCUT2D eigenvalue weighted by atomic mass is 35.5. The average Bonchev–Trinajstić information content (AvgIpc) is 2.30. The van der Waals surface area contributed by atoms with Crippen molar-refractivity contribution in [2.45, 2.75) is 6.92 Å². The number of hydrogen-bond donors (Lipinski definition) is 2. The van der Waals surface area contributed by atoms with Crippen molar-refractivity contribution in [3.8, 4) is 0 Å². The highest BCUT2D eigenvalue weighted by Gasteiger charge is 2.08. The van der Waals surface area contributed by atoms with E-state index in [4.69, 9.17) is 17.3 Å².